The lowest BCUT2D eigenvalue weighted by molar-refractivity contribution is 0.243. The molecule has 1 aliphatic heterocycles. The molecular formula is C25H26N6O2. The van der Waals surface area contributed by atoms with E-state index in [9.17, 15) is 4.79 Å². The molecule has 4 aromatic rings. The average molecular weight is 443 g/mol. The first kappa shape index (κ1) is 21.1. The van der Waals surface area contributed by atoms with Crippen LogP contribution in [-0.4, -0.2) is 64.5 Å². The van der Waals surface area contributed by atoms with E-state index in [2.05, 4.69) is 37.0 Å². The van der Waals surface area contributed by atoms with Crippen LogP contribution in [0.1, 0.15) is 0 Å². The fourth-order valence-electron chi connectivity index (χ4n) is 4.24. The normalized spacial score (nSPS) is 14.5. The van der Waals surface area contributed by atoms with Crippen LogP contribution in [0.25, 0.3) is 22.2 Å². The number of piperazine rings is 1. The van der Waals surface area contributed by atoms with Crippen molar-refractivity contribution >= 4 is 16.6 Å². The molecule has 8 nitrogen and oxygen atoms in total. The molecule has 8 heteroatoms. The zero-order chi connectivity index (χ0) is 22.6. The van der Waals surface area contributed by atoms with Gasteiger partial charge in [-0.05, 0) is 42.5 Å². The molecular weight excluding hydrogens is 416 g/mol. The van der Waals surface area contributed by atoms with Crippen LogP contribution in [-0.2, 0) is 6.54 Å². The highest BCUT2D eigenvalue weighted by Gasteiger charge is 2.19. The standard InChI is InChI=1S/C25H26N6O2/c1-33-20-4-5-23-21(17-20)24(8-10-27-23)30-14-11-29(12-15-30)13-16-31-25(32)7-6-22(28-31)19-3-2-9-26-18-19/h2-10,17-18H,11-16H2,1H3. The highest BCUT2D eigenvalue weighted by molar-refractivity contribution is 5.92. The predicted molar refractivity (Wildman–Crippen MR) is 129 cm³/mol. The smallest absolute Gasteiger partial charge is 0.266 e. The number of anilines is 1. The van der Waals surface area contributed by atoms with Gasteiger partial charge in [0.15, 0.2) is 0 Å². The van der Waals surface area contributed by atoms with Crippen molar-refractivity contribution in [1.29, 1.82) is 0 Å². The molecule has 3 aromatic heterocycles. The molecule has 5 rings (SSSR count). The summed E-state index contributed by atoms with van der Waals surface area (Å²) in [5.74, 6) is 0.835. The molecule has 1 saturated heterocycles. The van der Waals surface area contributed by atoms with Crippen LogP contribution in [0.3, 0.4) is 0 Å². The van der Waals surface area contributed by atoms with Gasteiger partial charge < -0.3 is 9.64 Å². The van der Waals surface area contributed by atoms with Crippen LogP contribution < -0.4 is 15.2 Å². The molecule has 0 radical (unpaired) electrons. The Morgan fingerprint density at radius 3 is 2.64 bits per heavy atom. The van der Waals surface area contributed by atoms with Gasteiger partial charge >= 0.3 is 0 Å². The quantitative estimate of drug-likeness (QED) is 0.454. The summed E-state index contributed by atoms with van der Waals surface area (Å²) in [7, 11) is 1.68. The van der Waals surface area contributed by atoms with Gasteiger partial charge in [-0.1, -0.05) is 0 Å². The molecule has 1 aromatic carbocycles. The van der Waals surface area contributed by atoms with E-state index < -0.39 is 0 Å². The van der Waals surface area contributed by atoms with E-state index in [1.807, 2.05) is 30.5 Å². The lowest BCUT2D eigenvalue weighted by Crippen LogP contribution is -2.47. The third-order valence-corrected chi connectivity index (χ3v) is 6.09. The lowest BCUT2D eigenvalue weighted by atomic mass is 10.1. The number of methoxy groups -OCH3 is 1. The number of pyridine rings is 2. The highest BCUT2D eigenvalue weighted by Crippen LogP contribution is 2.29. The van der Waals surface area contributed by atoms with Crippen LogP contribution in [0.2, 0.25) is 0 Å². The molecule has 0 N–H and O–H groups in total. The van der Waals surface area contributed by atoms with Gasteiger partial charge in [0.1, 0.15) is 5.75 Å². The SMILES string of the molecule is COc1ccc2nccc(N3CCN(CCn4nc(-c5cccnc5)ccc4=O)CC3)c2c1. The molecule has 0 saturated carbocycles. The summed E-state index contributed by atoms with van der Waals surface area (Å²) in [4.78, 5) is 25.7. The van der Waals surface area contributed by atoms with Gasteiger partial charge in [0, 0.05) is 74.0 Å². The van der Waals surface area contributed by atoms with Crippen molar-refractivity contribution in [3.05, 3.63) is 77.5 Å². The number of ether oxygens (including phenoxy) is 1. The molecule has 1 aliphatic rings. The lowest BCUT2D eigenvalue weighted by Gasteiger charge is -2.36. The van der Waals surface area contributed by atoms with Gasteiger partial charge in [-0.15, -0.1) is 0 Å². The van der Waals surface area contributed by atoms with E-state index >= 15 is 0 Å². The van der Waals surface area contributed by atoms with Crippen LogP contribution in [0.15, 0.2) is 71.9 Å². The summed E-state index contributed by atoms with van der Waals surface area (Å²) in [5.41, 5.74) is 3.72. The Morgan fingerprint density at radius 2 is 1.85 bits per heavy atom. The predicted octanol–water partition coefficient (Wildman–Crippen LogP) is 2.68. The maximum Gasteiger partial charge on any atom is 0.266 e. The molecule has 0 spiro atoms. The molecule has 0 unspecified atom stereocenters. The monoisotopic (exact) mass is 442 g/mol. The van der Waals surface area contributed by atoms with Crippen LogP contribution >= 0.6 is 0 Å². The molecule has 0 aliphatic carbocycles. The Balaban J connectivity index is 1.24. The number of aromatic nitrogens is 4. The van der Waals surface area contributed by atoms with Gasteiger partial charge in [-0.3, -0.25) is 19.7 Å². The number of fused-ring (bicyclic) bond motifs is 1. The van der Waals surface area contributed by atoms with Gasteiger partial charge in [0.2, 0.25) is 0 Å². The zero-order valence-electron chi connectivity index (χ0n) is 18.6. The van der Waals surface area contributed by atoms with Gasteiger partial charge in [-0.2, -0.15) is 5.10 Å². The summed E-state index contributed by atoms with van der Waals surface area (Å²) in [6.45, 7) is 5.00. The second-order valence-corrected chi connectivity index (χ2v) is 8.06. The number of nitrogens with zero attached hydrogens (tertiary/aromatic N) is 6. The maximum absolute atomic E-state index is 12.3. The Hall–Kier alpha value is -3.78. The summed E-state index contributed by atoms with van der Waals surface area (Å²) < 4.78 is 6.96. The average Bonchev–Trinajstić information content (AvgIpc) is 2.88. The van der Waals surface area contributed by atoms with Crippen LogP contribution in [0, 0.1) is 0 Å². The molecule has 4 heterocycles. The largest absolute Gasteiger partial charge is 0.497 e. The van der Waals surface area contributed by atoms with E-state index in [4.69, 9.17) is 4.74 Å². The first-order valence-corrected chi connectivity index (χ1v) is 11.1. The van der Waals surface area contributed by atoms with E-state index in [0.29, 0.717) is 6.54 Å². The first-order chi connectivity index (χ1) is 16.2. The van der Waals surface area contributed by atoms with Gasteiger partial charge in [-0.25, -0.2) is 4.68 Å². The Labute approximate surface area is 192 Å². The molecule has 168 valence electrons. The topological polar surface area (TPSA) is 76.4 Å². The van der Waals surface area contributed by atoms with Crippen molar-refractivity contribution in [3.63, 3.8) is 0 Å². The van der Waals surface area contributed by atoms with E-state index in [0.717, 1.165) is 60.6 Å². The minimum Gasteiger partial charge on any atom is -0.497 e. The van der Waals surface area contributed by atoms with Crippen molar-refractivity contribution < 1.29 is 4.74 Å². The van der Waals surface area contributed by atoms with Crippen LogP contribution in [0.4, 0.5) is 5.69 Å². The Kier molecular flexibility index (Phi) is 5.99. The number of hydrogen-bond acceptors (Lipinski definition) is 7. The summed E-state index contributed by atoms with van der Waals surface area (Å²) in [6, 6.07) is 15.2. The molecule has 33 heavy (non-hydrogen) atoms. The minimum absolute atomic E-state index is 0.0847. The van der Waals surface area contributed by atoms with E-state index in [1.54, 1.807) is 36.3 Å². The fourth-order valence-corrected chi connectivity index (χ4v) is 4.24. The molecule has 1 fully saturated rings. The minimum atomic E-state index is -0.0847. The van der Waals surface area contributed by atoms with Crippen molar-refractivity contribution in [2.75, 3.05) is 44.7 Å². The van der Waals surface area contributed by atoms with Crippen LogP contribution in [0.5, 0.6) is 5.75 Å². The molecule has 0 amide bonds. The third-order valence-electron chi connectivity index (χ3n) is 6.09. The van der Waals surface area contributed by atoms with Crippen molar-refractivity contribution in [3.8, 4) is 17.0 Å². The number of hydrogen-bond donors (Lipinski definition) is 0. The number of rotatable bonds is 6. The number of benzene rings is 1. The Morgan fingerprint density at radius 1 is 0.970 bits per heavy atom. The van der Waals surface area contributed by atoms with Gasteiger partial charge in [0.25, 0.3) is 5.56 Å². The fraction of sp³-hybridized carbons (Fsp3) is 0.280. The van der Waals surface area contributed by atoms with Crippen molar-refractivity contribution in [1.82, 2.24) is 24.6 Å². The Bertz CT molecular complexity index is 1300. The highest BCUT2D eigenvalue weighted by atomic mass is 16.5. The summed E-state index contributed by atoms with van der Waals surface area (Å²) >= 11 is 0. The first-order valence-electron chi connectivity index (χ1n) is 11.1. The van der Waals surface area contributed by atoms with Crippen molar-refractivity contribution in [2.45, 2.75) is 6.54 Å². The molecule has 0 bridgehead atoms. The summed E-state index contributed by atoms with van der Waals surface area (Å²) in [5, 5.41) is 5.65. The van der Waals surface area contributed by atoms with E-state index in [-0.39, 0.29) is 5.56 Å². The van der Waals surface area contributed by atoms with E-state index in [1.165, 1.54) is 5.69 Å². The van der Waals surface area contributed by atoms with Gasteiger partial charge in [0.05, 0.1) is 24.9 Å². The third kappa shape index (κ3) is 4.56. The second kappa shape index (κ2) is 9.38. The zero-order valence-corrected chi connectivity index (χ0v) is 18.6. The second-order valence-electron chi connectivity index (χ2n) is 8.06. The molecule has 0 atom stereocenters. The van der Waals surface area contributed by atoms with Crippen molar-refractivity contribution in [2.24, 2.45) is 0 Å². The maximum atomic E-state index is 12.3. The summed E-state index contributed by atoms with van der Waals surface area (Å²) in [6.07, 6.45) is 5.35.